The van der Waals surface area contributed by atoms with Gasteiger partial charge < -0.3 is 5.73 Å². The lowest BCUT2D eigenvalue weighted by atomic mass is 9.84. The van der Waals surface area contributed by atoms with Crippen molar-refractivity contribution in [2.75, 3.05) is 13.1 Å². The normalized spacial score (nSPS) is 16.6. The Bertz CT molecular complexity index is 201. The van der Waals surface area contributed by atoms with Crippen LogP contribution in [0.1, 0.15) is 86.0 Å². The molecule has 0 amide bonds. The molecule has 0 radical (unpaired) electrons. The summed E-state index contributed by atoms with van der Waals surface area (Å²) >= 11 is 0. The second-order valence-electron chi connectivity index (χ2n) is 6.05. The third-order valence-electron chi connectivity index (χ3n) is 4.87. The Labute approximate surface area is 122 Å². The van der Waals surface area contributed by atoms with Crippen molar-refractivity contribution in [3.05, 3.63) is 0 Å². The first kappa shape index (κ1) is 18.9. The Morgan fingerprint density at radius 2 is 1.42 bits per heavy atom. The molecule has 0 aromatic carbocycles. The molecule has 2 N–H and O–H groups in total. The van der Waals surface area contributed by atoms with Crippen molar-refractivity contribution >= 4 is 0 Å². The van der Waals surface area contributed by atoms with Crippen LogP contribution in [0.4, 0.5) is 0 Å². The van der Waals surface area contributed by atoms with E-state index in [2.05, 4.69) is 39.5 Å². The van der Waals surface area contributed by atoms with Crippen LogP contribution in [0.15, 0.2) is 0 Å². The second-order valence-corrected chi connectivity index (χ2v) is 6.05. The highest BCUT2D eigenvalue weighted by Gasteiger charge is 2.33. The fourth-order valence-corrected chi connectivity index (χ4v) is 3.12. The zero-order chi connectivity index (χ0) is 14.7. The summed E-state index contributed by atoms with van der Waals surface area (Å²) in [6.45, 7) is 13.6. The van der Waals surface area contributed by atoms with Crippen molar-refractivity contribution in [3.8, 4) is 0 Å². The molecule has 2 atom stereocenters. The standard InChI is InChI=1S/C17H38N2/c1-6-10-11-12-13-14-15-16(18)17(5,7-2)19(8-3)9-4/h16H,6-15,18H2,1-5H3. The minimum Gasteiger partial charge on any atom is -0.326 e. The minimum atomic E-state index is 0.174. The molecule has 0 aliphatic rings. The van der Waals surface area contributed by atoms with Crippen LogP contribution in [0.25, 0.3) is 0 Å². The molecule has 0 heterocycles. The lowest BCUT2D eigenvalue weighted by Gasteiger charge is -2.44. The topological polar surface area (TPSA) is 29.3 Å². The number of nitrogens with two attached hydrogens (primary N) is 1. The molecule has 0 aliphatic carbocycles. The molecule has 0 spiro atoms. The van der Waals surface area contributed by atoms with Crippen LogP contribution >= 0.6 is 0 Å². The second kappa shape index (κ2) is 10.7. The van der Waals surface area contributed by atoms with E-state index < -0.39 is 0 Å². The Kier molecular flexibility index (Phi) is 10.6. The van der Waals surface area contributed by atoms with Gasteiger partial charge in [-0.05, 0) is 32.9 Å². The zero-order valence-corrected chi connectivity index (χ0v) is 14.2. The predicted molar refractivity (Wildman–Crippen MR) is 87.6 cm³/mol. The van der Waals surface area contributed by atoms with E-state index in [-0.39, 0.29) is 5.54 Å². The number of hydrogen-bond donors (Lipinski definition) is 1. The highest BCUT2D eigenvalue weighted by atomic mass is 15.2. The van der Waals surface area contributed by atoms with Crippen molar-refractivity contribution < 1.29 is 0 Å². The van der Waals surface area contributed by atoms with E-state index in [0.717, 1.165) is 19.5 Å². The van der Waals surface area contributed by atoms with Crippen molar-refractivity contribution in [2.24, 2.45) is 5.73 Å². The van der Waals surface area contributed by atoms with E-state index in [0.29, 0.717) is 6.04 Å². The van der Waals surface area contributed by atoms with Gasteiger partial charge in [0.15, 0.2) is 0 Å². The molecule has 0 aromatic rings. The van der Waals surface area contributed by atoms with Gasteiger partial charge in [0.05, 0.1) is 0 Å². The Morgan fingerprint density at radius 1 is 0.895 bits per heavy atom. The third-order valence-corrected chi connectivity index (χ3v) is 4.87. The molecule has 0 rings (SSSR count). The average Bonchev–Trinajstić information content (AvgIpc) is 2.43. The van der Waals surface area contributed by atoms with Gasteiger partial charge in [0.1, 0.15) is 0 Å². The van der Waals surface area contributed by atoms with Gasteiger partial charge in [-0.25, -0.2) is 0 Å². The molecule has 19 heavy (non-hydrogen) atoms. The van der Waals surface area contributed by atoms with Crippen LogP contribution in [0.3, 0.4) is 0 Å². The minimum absolute atomic E-state index is 0.174. The summed E-state index contributed by atoms with van der Waals surface area (Å²) in [7, 11) is 0. The van der Waals surface area contributed by atoms with Gasteiger partial charge in [0.2, 0.25) is 0 Å². The molecule has 0 aliphatic heterocycles. The lowest BCUT2D eigenvalue weighted by molar-refractivity contribution is 0.0804. The Balaban J connectivity index is 4.10. The molecular formula is C17H38N2. The number of rotatable bonds is 12. The van der Waals surface area contributed by atoms with Crippen LogP contribution in [-0.2, 0) is 0 Å². The van der Waals surface area contributed by atoms with Gasteiger partial charge in [0, 0.05) is 11.6 Å². The summed E-state index contributed by atoms with van der Waals surface area (Å²) in [6.07, 6.45) is 10.5. The van der Waals surface area contributed by atoms with Crippen molar-refractivity contribution in [1.29, 1.82) is 0 Å². The summed E-state index contributed by atoms with van der Waals surface area (Å²) < 4.78 is 0. The van der Waals surface area contributed by atoms with Crippen LogP contribution in [0, 0.1) is 0 Å². The molecule has 0 aromatic heterocycles. The first-order valence-corrected chi connectivity index (χ1v) is 8.57. The maximum absolute atomic E-state index is 6.51. The maximum Gasteiger partial charge on any atom is 0.0329 e. The summed E-state index contributed by atoms with van der Waals surface area (Å²) in [5.74, 6) is 0. The van der Waals surface area contributed by atoms with Crippen LogP contribution in [-0.4, -0.2) is 29.6 Å². The highest BCUT2D eigenvalue weighted by molar-refractivity contribution is 4.93. The zero-order valence-electron chi connectivity index (χ0n) is 14.2. The summed E-state index contributed by atoms with van der Waals surface area (Å²) in [5, 5.41) is 0. The first-order chi connectivity index (χ1) is 9.06. The van der Waals surface area contributed by atoms with Gasteiger partial charge in [-0.1, -0.05) is 66.2 Å². The molecule has 0 saturated heterocycles. The average molecular weight is 271 g/mol. The molecule has 2 heteroatoms. The monoisotopic (exact) mass is 270 g/mol. The van der Waals surface area contributed by atoms with Crippen molar-refractivity contribution in [3.63, 3.8) is 0 Å². The number of unbranched alkanes of at least 4 members (excludes halogenated alkanes) is 5. The smallest absolute Gasteiger partial charge is 0.0329 e. The SMILES string of the molecule is CCCCCCCCC(N)C(C)(CC)N(CC)CC. The maximum atomic E-state index is 6.51. The van der Waals surface area contributed by atoms with Gasteiger partial charge in [-0.2, -0.15) is 0 Å². The molecule has 0 fully saturated rings. The molecule has 116 valence electrons. The van der Waals surface area contributed by atoms with Crippen LogP contribution in [0.5, 0.6) is 0 Å². The predicted octanol–water partition coefficient (Wildman–Crippen LogP) is 4.57. The Morgan fingerprint density at radius 3 is 1.89 bits per heavy atom. The van der Waals surface area contributed by atoms with Crippen LogP contribution < -0.4 is 5.73 Å². The van der Waals surface area contributed by atoms with E-state index >= 15 is 0 Å². The van der Waals surface area contributed by atoms with E-state index in [4.69, 9.17) is 5.73 Å². The summed E-state index contributed by atoms with van der Waals surface area (Å²) in [5.41, 5.74) is 6.69. The largest absolute Gasteiger partial charge is 0.326 e. The third kappa shape index (κ3) is 6.27. The van der Waals surface area contributed by atoms with Gasteiger partial charge in [-0.3, -0.25) is 4.90 Å². The Hall–Kier alpha value is -0.0800. The van der Waals surface area contributed by atoms with E-state index in [1.165, 1.54) is 44.9 Å². The van der Waals surface area contributed by atoms with Gasteiger partial charge >= 0.3 is 0 Å². The fourth-order valence-electron chi connectivity index (χ4n) is 3.12. The molecule has 2 unspecified atom stereocenters. The fraction of sp³-hybridized carbons (Fsp3) is 1.00. The molecule has 0 bridgehead atoms. The lowest BCUT2D eigenvalue weighted by Crippen LogP contribution is -2.57. The van der Waals surface area contributed by atoms with E-state index in [1.54, 1.807) is 0 Å². The quantitative estimate of drug-likeness (QED) is 0.526. The van der Waals surface area contributed by atoms with E-state index in [1.807, 2.05) is 0 Å². The summed E-state index contributed by atoms with van der Waals surface area (Å²) in [6, 6.07) is 0.309. The van der Waals surface area contributed by atoms with E-state index in [9.17, 15) is 0 Å². The molecular weight excluding hydrogens is 232 g/mol. The highest BCUT2D eigenvalue weighted by Crippen LogP contribution is 2.25. The van der Waals surface area contributed by atoms with Crippen molar-refractivity contribution in [2.45, 2.75) is 97.6 Å². The van der Waals surface area contributed by atoms with Gasteiger partial charge in [0.25, 0.3) is 0 Å². The van der Waals surface area contributed by atoms with Gasteiger partial charge in [-0.15, -0.1) is 0 Å². The first-order valence-electron chi connectivity index (χ1n) is 8.57. The number of hydrogen-bond acceptors (Lipinski definition) is 2. The number of likely N-dealkylation sites (N-methyl/N-ethyl adjacent to an activating group) is 1. The number of nitrogens with zero attached hydrogens (tertiary/aromatic N) is 1. The molecule has 2 nitrogen and oxygen atoms in total. The summed E-state index contributed by atoms with van der Waals surface area (Å²) in [4.78, 5) is 2.54. The molecule has 0 saturated carbocycles. The van der Waals surface area contributed by atoms with Crippen LogP contribution in [0.2, 0.25) is 0 Å². The van der Waals surface area contributed by atoms with Crippen molar-refractivity contribution in [1.82, 2.24) is 4.90 Å².